The van der Waals surface area contributed by atoms with E-state index in [1.165, 1.54) is 24.3 Å². The molecule has 1 heterocycles. The summed E-state index contributed by atoms with van der Waals surface area (Å²) < 4.78 is 30.0. The van der Waals surface area contributed by atoms with Gasteiger partial charge in [-0.1, -0.05) is 29.8 Å². The summed E-state index contributed by atoms with van der Waals surface area (Å²) in [4.78, 5) is 11.6. The smallest absolute Gasteiger partial charge is 0.355 e. The van der Waals surface area contributed by atoms with E-state index in [1.54, 1.807) is 30.3 Å². The van der Waals surface area contributed by atoms with Crippen molar-refractivity contribution in [1.29, 1.82) is 0 Å². The first-order valence-electron chi connectivity index (χ1n) is 6.02. The molecule has 0 radical (unpaired) electrons. The number of halogens is 1. The Balaban J connectivity index is 2.30. The molecule has 0 aliphatic carbocycles. The van der Waals surface area contributed by atoms with Crippen LogP contribution in [0.5, 0.6) is 0 Å². The molecule has 3 aromatic rings. The van der Waals surface area contributed by atoms with Crippen molar-refractivity contribution in [1.82, 2.24) is 0 Å². The average molecular weight is 321 g/mol. The maximum absolute atomic E-state index is 12.5. The van der Waals surface area contributed by atoms with Crippen molar-refractivity contribution in [3.8, 4) is 0 Å². The van der Waals surface area contributed by atoms with Crippen LogP contribution in [0.1, 0.15) is 0 Å². The van der Waals surface area contributed by atoms with Gasteiger partial charge in [0.2, 0.25) is 9.84 Å². The van der Waals surface area contributed by atoms with Gasteiger partial charge >= 0.3 is 5.63 Å². The van der Waals surface area contributed by atoms with Gasteiger partial charge in [0, 0.05) is 10.4 Å². The second kappa shape index (κ2) is 5.02. The Morgan fingerprint density at radius 1 is 0.952 bits per heavy atom. The normalized spacial score (nSPS) is 11.7. The van der Waals surface area contributed by atoms with E-state index in [4.69, 9.17) is 16.0 Å². The Bertz CT molecular complexity index is 975. The monoisotopic (exact) mass is 320 g/mol. The molecule has 0 aliphatic heterocycles. The van der Waals surface area contributed by atoms with Crippen molar-refractivity contribution >= 4 is 32.4 Å². The van der Waals surface area contributed by atoms with Crippen molar-refractivity contribution in [3.63, 3.8) is 0 Å². The zero-order chi connectivity index (χ0) is 15.0. The van der Waals surface area contributed by atoms with Gasteiger partial charge in [-0.2, -0.15) is 0 Å². The van der Waals surface area contributed by atoms with Crippen molar-refractivity contribution < 1.29 is 12.8 Å². The molecule has 4 nitrogen and oxygen atoms in total. The third-order valence-electron chi connectivity index (χ3n) is 3.01. The summed E-state index contributed by atoms with van der Waals surface area (Å²) in [6.07, 6.45) is 0. The quantitative estimate of drug-likeness (QED) is 0.680. The van der Waals surface area contributed by atoms with Gasteiger partial charge < -0.3 is 4.42 Å². The van der Waals surface area contributed by atoms with E-state index in [1.807, 2.05) is 0 Å². The zero-order valence-corrected chi connectivity index (χ0v) is 12.2. The van der Waals surface area contributed by atoms with E-state index in [0.29, 0.717) is 10.4 Å². The lowest BCUT2D eigenvalue weighted by Crippen LogP contribution is -2.14. The molecule has 0 saturated heterocycles. The highest BCUT2D eigenvalue weighted by molar-refractivity contribution is 7.91. The van der Waals surface area contributed by atoms with Crippen LogP contribution in [-0.4, -0.2) is 8.42 Å². The van der Waals surface area contributed by atoms with Gasteiger partial charge in [0.15, 0.2) is 4.90 Å². The Kier molecular flexibility index (Phi) is 3.31. The molecule has 1 aromatic heterocycles. The highest BCUT2D eigenvalue weighted by atomic mass is 35.5. The van der Waals surface area contributed by atoms with Crippen LogP contribution < -0.4 is 5.63 Å². The Hall–Kier alpha value is -2.11. The minimum Gasteiger partial charge on any atom is -0.422 e. The molecule has 2 aromatic carbocycles. The fourth-order valence-electron chi connectivity index (χ4n) is 1.99. The third-order valence-corrected chi connectivity index (χ3v) is 5.00. The topological polar surface area (TPSA) is 64.3 Å². The number of hydrogen-bond donors (Lipinski definition) is 0. The predicted molar refractivity (Wildman–Crippen MR) is 79.4 cm³/mol. The molecule has 0 atom stereocenters. The molecule has 0 unspecified atom stereocenters. The lowest BCUT2D eigenvalue weighted by Gasteiger charge is -2.04. The summed E-state index contributed by atoms with van der Waals surface area (Å²) in [5.74, 6) is 0. The van der Waals surface area contributed by atoms with E-state index in [-0.39, 0.29) is 10.5 Å². The van der Waals surface area contributed by atoms with Gasteiger partial charge in [0.25, 0.3) is 0 Å². The van der Waals surface area contributed by atoms with Crippen LogP contribution in [0.2, 0.25) is 5.02 Å². The second-order valence-electron chi connectivity index (χ2n) is 4.40. The van der Waals surface area contributed by atoms with Crippen molar-refractivity contribution in [2.24, 2.45) is 0 Å². The number of sulfone groups is 1. The van der Waals surface area contributed by atoms with Crippen LogP contribution in [0.15, 0.2) is 73.6 Å². The van der Waals surface area contributed by atoms with Gasteiger partial charge in [-0.3, -0.25) is 0 Å². The van der Waals surface area contributed by atoms with Gasteiger partial charge in [-0.05, 0) is 36.4 Å². The molecule has 0 bridgehead atoms. The minimum absolute atomic E-state index is 0.0404. The largest absolute Gasteiger partial charge is 0.422 e. The van der Waals surface area contributed by atoms with Gasteiger partial charge in [0.1, 0.15) is 5.58 Å². The fourth-order valence-corrected chi connectivity index (χ4v) is 3.48. The van der Waals surface area contributed by atoms with Crippen LogP contribution in [-0.2, 0) is 9.84 Å². The molecule has 0 aliphatic rings. The van der Waals surface area contributed by atoms with E-state index in [0.717, 1.165) is 0 Å². The van der Waals surface area contributed by atoms with Gasteiger partial charge in [0.05, 0.1) is 4.90 Å². The average Bonchev–Trinajstić information content (AvgIpc) is 2.48. The minimum atomic E-state index is -3.92. The Morgan fingerprint density at radius 3 is 2.38 bits per heavy atom. The van der Waals surface area contributed by atoms with Crippen LogP contribution >= 0.6 is 11.6 Å². The number of benzene rings is 2. The summed E-state index contributed by atoms with van der Waals surface area (Å²) in [6.45, 7) is 0. The third kappa shape index (κ3) is 2.46. The maximum Gasteiger partial charge on any atom is 0.355 e. The van der Waals surface area contributed by atoms with E-state index < -0.39 is 20.4 Å². The Morgan fingerprint density at radius 2 is 1.67 bits per heavy atom. The standard InChI is InChI=1S/C15H9ClO4S/c16-11-6-7-13-10(8-11)9-14(15(17)20-13)21(18,19)12-4-2-1-3-5-12/h1-9H. The summed E-state index contributed by atoms with van der Waals surface area (Å²) in [5.41, 5.74) is -0.606. The first kappa shape index (κ1) is 13.9. The summed E-state index contributed by atoms with van der Waals surface area (Å²) in [5, 5.41) is 0.885. The van der Waals surface area contributed by atoms with E-state index in [2.05, 4.69) is 0 Å². The number of rotatable bonds is 2. The van der Waals surface area contributed by atoms with Crippen LogP contribution in [0.3, 0.4) is 0 Å². The van der Waals surface area contributed by atoms with Crippen molar-refractivity contribution in [2.45, 2.75) is 9.79 Å². The summed E-state index contributed by atoms with van der Waals surface area (Å²) in [7, 11) is -3.92. The molecule has 0 amide bonds. The molecule has 0 spiro atoms. The lowest BCUT2D eigenvalue weighted by molar-refractivity contribution is 0.532. The number of fused-ring (bicyclic) bond motifs is 1. The highest BCUT2D eigenvalue weighted by Gasteiger charge is 2.22. The van der Waals surface area contributed by atoms with Crippen LogP contribution in [0.4, 0.5) is 0 Å². The molecule has 3 rings (SSSR count). The summed E-state index contributed by atoms with van der Waals surface area (Å²) in [6, 6.07) is 13.7. The summed E-state index contributed by atoms with van der Waals surface area (Å²) >= 11 is 5.87. The molecular formula is C15H9ClO4S. The molecule has 0 N–H and O–H groups in total. The lowest BCUT2D eigenvalue weighted by atomic mass is 10.2. The van der Waals surface area contributed by atoms with Crippen molar-refractivity contribution in [3.05, 3.63) is 70.0 Å². The first-order valence-corrected chi connectivity index (χ1v) is 7.88. The molecular weight excluding hydrogens is 312 g/mol. The van der Waals surface area contributed by atoms with E-state index >= 15 is 0 Å². The van der Waals surface area contributed by atoms with Crippen LogP contribution in [0, 0.1) is 0 Å². The van der Waals surface area contributed by atoms with Gasteiger partial charge in [-0.25, -0.2) is 13.2 Å². The molecule has 0 saturated carbocycles. The molecule has 0 fully saturated rings. The zero-order valence-electron chi connectivity index (χ0n) is 10.6. The fraction of sp³-hybridized carbons (Fsp3) is 0. The van der Waals surface area contributed by atoms with Gasteiger partial charge in [-0.15, -0.1) is 0 Å². The van der Waals surface area contributed by atoms with E-state index in [9.17, 15) is 13.2 Å². The highest BCUT2D eigenvalue weighted by Crippen LogP contribution is 2.23. The first-order chi connectivity index (χ1) is 9.98. The Labute approximate surface area is 125 Å². The number of hydrogen-bond acceptors (Lipinski definition) is 4. The molecule has 106 valence electrons. The molecule has 6 heteroatoms. The molecule has 21 heavy (non-hydrogen) atoms. The SMILES string of the molecule is O=c1oc2ccc(Cl)cc2cc1S(=O)(=O)c1ccccc1. The van der Waals surface area contributed by atoms with Crippen LogP contribution in [0.25, 0.3) is 11.0 Å². The van der Waals surface area contributed by atoms with Crippen molar-refractivity contribution in [2.75, 3.05) is 0 Å². The predicted octanol–water partition coefficient (Wildman–Crippen LogP) is 3.28. The maximum atomic E-state index is 12.5. The second-order valence-corrected chi connectivity index (χ2v) is 6.75.